The van der Waals surface area contributed by atoms with Gasteiger partial charge in [0.05, 0.1) is 30.3 Å². The molecule has 1 aliphatic heterocycles. The number of anilines is 1. The van der Waals surface area contributed by atoms with E-state index < -0.39 is 0 Å². The van der Waals surface area contributed by atoms with E-state index in [1.54, 1.807) is 0 Å². The van der Waals surface area contributed by atoms with Crippen LogP contribution in [0.4, 0.5) is 5.95 Å². The summed E-state index contributed by atoms with van der Waals surface area (Å²) in [7, 11) is 0. The molecule has 8 nitrogen and oxygen atoms in total. The van der Waals surface area contributed by atoms with E-state index in [0.717, 1.165) is 30.2 Å². The minimum absolute atomic E-state index is 0.568. The molecule has 4 heterocycles. The predicted molar refractivity (Wildman–Crippen MR) is 87.9 cm³/mol. The second-order valence-electron chi connectivity index (χ2n) is 5.87. The Morgan fingerprint density at radius 1 is 0.958 bits per heavy atom. The minimum atomic E-state index is 0.568. The quantitative estimate of drug-likeness (QED) is 0.704. The Morgan fingerprint density at radius 3 is 2.42 bits per heavy atom. The molecule has 1 fully saturated rings. The van der Waals surface area contributed by atoms with E-state index in [-0.39, 0.29) is 0 Å². The Bertz CT molecular complexity index is 901. The Balaban J connectivity index is 1.94. The highest BCUT2D eigenvalue weighted by atomic mass is 16.5. The number of hydrogen-bond donors (Lipinski definition) is 0. The van der Waals surface area contributed by atoms with E-state index in [2.05, 4.69) is 25.0 Å². The molecule has 4 rings (SSSR count). The fourth-order valence-corrected chi connectivity index (χ4v) is 2.65. The van der Waals surface area contributed by atoms with Crippen LogP contribution in [0.25, 0.3) is 22.6 Å². The van der Waals surface area contributed by atoms with Gasteiger partial charge in [0.25, 0.3) is 0 Å². The topological polar surface area (TPSA) is 90.1 Å². The lowest BCUT2D eigenvalue weighted by molar-refractivity contribution is 0.122. The van der Waals surface area contributed by atoms with Gasteiger partial charge in [0.15, 0.2) is 11.4 Å². The van der Waals surface area contributed by atoms with Crippen molar-refractivity contribution < 1.29 is 9.26 Å². The molecule has 3 aromatic heterocycles. The second-order valence-corrected chi connectivity index (χ2v) is 5.87. The summed E-state index contributed by atoms with van der Waals surface area (Å²) in [5.41, 5.74) is 4.32. The van der Waals surface area contributed by atoms with Gasteiger partial charge in [-0.2, -0.15) is 4.98 Å². The van der Waals surface area contributed by atoms with Crippen LogP contribution in [0, 0.1) is 20.8 Å². The first-order chi connectivity index (χ1) is 11.6. The summed E-state index contributed by atoms with van der Waals surface area (Å²) in [6.45, 7) is 8.55. The number of fused-ring (bicyclic) bond motifs is 1. The van der Waals surface area contributed by atoms with Crippen LogP contribution < -0.4 is 4.90 Å². The van der Waals surface area contributed by atoms with Gasteiger partial charge >= 0.3 is 0 Å². The maximum absolute atomic E-state index is 5.42. The minimum Gasteiger partial charge on any atom is -0.378 e. The first-order valence-corrected chi connectivity index (χ1v) is 7.91. The maximum atomic E-state index is 5.42. The number of hydrogen-bond acceptors (Lipinski definition) is 8. The molecule has 0 aromatic carbocycles. The highest BCUT2D eigenvalue weighted by Gasteiger charge is 2.21. The van der Waals surface area contributed by atoms with E-state index in [9.17, 15) is 0 Å². The smallest absolute Gasteiger partial charge is 0.228 e. The average Bonchev–Trinajstić information content (AvgIpc) is 3.02. The van der Waals surface area contributed by atoms with Gasteiger partial charge in [-0.3, -0.25) is 0 Å². The van der Waals surface area contributed by atoms with Crippen LogP contribution in [-0.4, -0.2) is 51.4 Å². The van der Waals surface area contributed by atoms with Gasteiger partial charge in [-0.05, 0) is 20.8 Å². The third-order valence-electron chi connectivity index (χ3n) is 4.09. The maximum Gasteiger partial charge on any atom is 0.228 e. The molecule has 0 bridgehead atoms. The number of nitrogens with zero attached hydrogens (tertiary/aromatic N) is 6. The van der Waals surface area contributed by atoms with Crippen LogP contribution in [0.1, 0.15) is 17.1 Å². The van der Waals surface area contributed by atoms with E-state index in [0.29, 0.717) is 41.8 Å². The van der Waals surface area contributed by atoms with Gasteiger partial charge in [0.2, 0.25) is 5.95 Å². The third-order valence-corrected chi connectivity index (χ3v) is 4.09. The zero-order valence-corrected chi connectivity index (χ0v) is 13.9. The molecule has 1 aliphatic rings. The number of aryl methyl sites for hydroxylation is 3. The number of ether oxygens (including phenoxy) is 1. The summed E-state index contributed by atoms with van der Waals surface area (Å²) in [4.78, 5) is 20.6. The molecule has 0 aliphatic carbocycles. The number of rotatable bonds is 2. The highest BCUT2D eigenvalue weighted by molar-refractivity contribution is 5.86. The fraction of sp³-hybridized carbons (Fsp3) is 0.438. The van der Waals surface area contributed by atoms with Gasteiger partial charge in [0, 0.05) is 19.2 Å². The van der Waals surface area contributed by atoms with Gasteiger partial charge < -0.3 is 14.2 Å². The molecule has 0 amide bonds. The zero-order valence-electron chi connectivity index (χ0n) is 13.9. The van der Waals surface area contributed by atoms with Gasteiger partial charge in [-0.25, -0.2) is 15.0 Å². The van der Waals surface area contributed by atoms with Crippen molar-refractivity contribution in [3.05, 3.63) is 23.1 Å². The van der Waals surface area contributed by atoms with E-state index in [1.165, 1.54) is 0 Å². The Hall–Kier alpha value is -2.61. The monoisotopic (exact) mass is 326 g/mol. The molecular formula is C16H18N6O2. The van der Waals surface area contributed by atoms with Crippen molar-refractivity contribution in [2.75, 3.05) is 31.2 Å². The van der Waals surface area contributed by atoms with Crippen molar-refractivity contribution in [1.82, 2.24) is 25.1 Å². The van der Waals surface area contributed by atoms with Gasteiger partial charge in [-0.15, -0.1) is 0 Å². The first kappa shape index (κ1) is 14.9. The molecular weight excluding hydrogens is 308 g/mol. The molecule has 24 heavy (non-hydrogen) atoms. The molecule has 8 heteroatoms. The van der Waals surface area contributed by atoms with Crippen LogP contribution in [0.15, 0.2) is 10.6 Å². The van der Waals surface area contributed by atoms with Crippen LogP contribution >= 0.6 is 0 Å². The van der Waals surface area contributed by atoms with Crippen LogP contribution in [0.2, 0.25) is 0 Å². The second kappa shape index (κ2) is 5.79. The summed E-state index contributed by atoms with van der Waals surface area (Å²) in [5.74, 6) is 1.19. The number of morpholine rings is 1. The van der Waals surface area contributed by atoms with Crippen LogP contribution in [0.3, 0.4) is 0 Å². The zero-order chi connectivity index (χ0) is 16.7. The standard InChI is InChI=1S/C16H18N6O2/c1-9-8-12(24-21-9)13-14-15(18-11(3)10(2)17-14)20-16(19-13)22-4-6-23-7-5-22/h8H,4-7H2,1-3H3. The lowest BCUT2D eigenvalue weighted by Crippen LogP contribution is -2.37. The van der Waals surface area contributed by atoms with Crippen LogP contribution in [0.5, 0.6) is 0 Å². The highest BCUT2D eigenvalue weighted by Crippen LogP contribution is 2.27. The van der Waals surface area contributed by atoms with Crippen molar-refractivity contribution in [3.63, 3.8) is 0 Å². The molecule has 0 unspecified atom stereocenters. The molecule has 1 saturated heterocycles. The molecule has 0 radical (unpaired) electrons. The fourth-order valence-electron chi connectivity index (χ4n) is 2.65. The lowest BCUT2D eigenvalue weighted by atomic mass is 10.2. The van der Waals surface area contributed by atoms with Crippen LogP contribution in [-0.2, 0) is 4.74 Å². The van der Waals surface area contributed by atoms with Crippen molar-refractivity contribution in [2.24, 2.45) is 0 Å². The molecule has 124 valence electrons. The third kappa shape index (κ3) is 2.58. The van der Waals surface area contributed by atoms with Crippen molar-refractivity contribution in [2.45, 2.75) is 20.8 Å². The Morgan fingerprint density at radius 2 is 1.71 bits per heavy atom. The Kier molecular flexibility index (Phi) is 3.61. The molecule has 0 spiro atoms. The van der Waals surface area contributed by atoms with Gasteiger partial charge in [0.1, 0.15) is 11.2 Å². The SMILES string of the molecule is Cc1cc(-c2nc(N3CCOCC3)nc3nc(C)c(C)nc23)on1. The summed E-state index contributed by atoms with van der Waals surface area (Å²) in [5, 5.41) is 3.96. The predicted octanol–water partition coefficient (Wildman–Crippen LogP) is 1.84. The first-order valence-electron chi connectivity index (χ1n) is 7.91. The van der Waals surface area contributed by atoms with E-state index >= 15 is 0 Å². The normalized spacial score (nSPS) is 15.2. The lowest BCUT2D eigenvalue weighted by Gasteiger charge is -2.27. The molecule has 0 saturated carbocycles. The van der Waals surface area contributed by atoms with E-state index in [1.807, 2.05) is 26.8 Å². The summed E-state index contributed by atoms with van der Waals surface area (Å²) >= 11 is 0. The van der Waals surface area contributed by atoms with Crippen molar-refractivity contribution >= 4 is 17.1 Å². The largest absolute Gasteiger partial charge is 0.378 e. The van der Waals surface area contributed by atoms with Crippen molar-refractivity contribution in [3.8, 4) is 11.5 Å². The molecule has 0 atom stereocenters. The summed E-state index contributed by atoms with van der Waals surface area (Å²) in [6, 6.07) is 1.85. The molecule has 0 N–H and O–H groups in total. The Labute approximate surface area is 138 Å². The summed E-state index contributed by atoms with van der Waals surface area (Å²) in [6.07, 6.45) is 0. The number of aromatic nitrogens is 5. The van der Waals surface area contributed by atoms with E-state index in [4.69, 9.17) is 14.2 Å². The van der Waals surface area contributed by atoms with Gasteiger partial charge in [-0.1, -0.05) is 5.16 Å². The summed E-state index contributed by atoms with van der Waals surface area (Å²) < 4.78 is 10.8. The molecule has 3 aromatic rings. The van der Waals surface area contributed by atoms with Crippen molar-refractivity contribution in [1.29, 1.82) is 0 Å². The average molecular weight is 326 g/mol.